The maximum Gasteiger partial charge on any atom is 0.260 e. The van der Waals surface area contributed by atoms with Crippen molar-refractivity contribution in [2.45, 2.75) is 6.10 Å². The summed E-state index contributed by atoms with van der Waals surface area (Å²) in [6, 6.07) is 6.88. The fourth-order valence-corrected chi connectivity index (χ4v) is 4.02. The third kappa shape index (κ3) is 4.64. The Bertz CT molecular complexity index is 900. The molecule has 1 fully saturated rings. The first-order valence-electron chi connectivity index (χ1n) is 8.58. The first-order valence-corrected chi connectivity index (χ1v) is 10.2. The maximum atomic E-state index is 12.4. The Labute approximate surface area is 162 Å². The number of likely N-dealkylation sites (tertiary alicyclic amines) is 1. The number of carbonyl (C=O) groups is 1. The van der Waals surface area contributed by atoms with Crippen molar-refractivity contribution < 1.29 is 23.1 Å². The number of carbonyl (C=O) groups excluding carboxylic acids is 1. The molecule has 1 aliphatic rings. The number of tetrazole rings is 1. The lowest BCUT2D eigenvalue weighted by atomic mass is 10.1. The van der Waals surface area contributed by atoms with Crippen molar-refractivity contribution in [3.63, 3.8) is 0 Å². The standard InChI is InChI=1S/C16H22N6O5S/c1-20(2)28(25,26)10-12-7-21(8-15(12)23)16(24)9-27-14-5-3-13(4-6-14)22-11-17-18-19-22/h3-6,11-12,15,23H,7-10H2,1-2H3/t12-,15-/m0/s1. The van der Waals surface area contributed by atoms with Gasteiger partial charge in [0.1, 0.15) is 12.1 Å². The number of aliphatic hydroxyl groups is 1. The second kappa shape index (κ2) is 8.20. The number of aromatic nitrogens is 4. The van der Waals surface area contributed by atoms with Crippen molar-refractivity contribution in [1.82, 2.24) is 29.4 Å². The second-order valence-corrected chi connectivity index (χ2v) is 8.95. The smallest absolute Gasteiger partial charge is 0.260 e. The maximum absolute atomic E-state index is 12.4. The molecule has 12 heteroatoms. The van der Waals surface area contributed by atoms with Crippen LogP contribution in [-0.2, 0) is 14.8 Å². The monoisotopic (exact) mass is 410 g/mol. The Morgan fingerprint density at radius 1 is 1.29 bits per heavy atom. The molecule has 0 aliphatic carbocycles. The Hall–Kier alpha value is -2.57. The highest BCUT2D eigenvalue weighted by molar-refractivity contribution is 7.89. The first kappa shape index (κ1) is 20.2. The molecule has 28 heavy (non-hydrogen) atoms. The molecule has 2 atom stereocenters. The van der Waals surface area contributed by atoms with Crippen LogP contribution in [0, 0.1) is 5.92 Å². The molecule has 2 aromatic rings. The van der Waals surface area contributed by atoms with Gasteiger partial charge in [-0.15, -0.1) is 5.10 Å². The van der Waals surface area contributed by atoms with E-state index in [9.17, 15) is 18.3 Å². The van der Waals surface area contributed by atoms with Crippen LogP contribution in [0.3, 0.4) is 0 Å². The van der Waals surface area contributed by atoms with Gasteiger partial charge in [0, 0.05) is 33.1 Å². The van der Waals surface area contributed by atoms with Crippen LogP contribution in [0.15, 0.2) is 30.6 Å². The number of hydrogen-bond acceptors (Lipinski definition) is 8. The van der Waals surface area contributed by atoms with E-state index in [-0.39, 0.29) is 31.4 Å². The van der Waals surface area contributed by atoms with Gasteiger partial charge in [0.25, 0.3) is 5.91 Å². The summed E-state index contributed by atoms with van der Waals surface area (Å²) in [5, 5.41) is 21.0. The van der Waals surface area contributed by atoms with Gasteiger partial charge in [-0.3, -0.25) is 4.79 Å². The van der Waals surface area contributed by atoms with Crippen molar-refractivity contribution >= 4 is 15.9 Å². The average Bonchev–Trinajstić information content (AvgIpc) is 3.30. The topological polar surface area (TPSA) is 131 Å². The van der Waals surface area contributed by atoms with Crippen LogP contribution in [0.2, 0.25) is 0 Å². The van der Waals surface area contributed by atoms with E-state index in [1.807, 2.05) is 0 Å². The minimum atomic E-state index is -3.45. The zero-order valence-electron chi connectivity index (χ0n) is 15.5. The molecule has 11 nitrogen and oxygen atoms in total. The van der Waals surface area contributed by atoms with Gasteiger partial charge in [-0.1, -0.05) is 0 Å². The number of ether oxygens (including phenoxy) is 1. The Morgan fingerprint density at radius 3 is 2.61 bits per heavy atom. The minimum Gasteiger partial charge on any atom is -0.484 e. The third-order valence-corrected chi connectivity index (χ3v) is 6.51. The van der Waals surface area contributed by atoms with Crippen LogP contribution in [-0.4, -0.2) is 94.5 Å². The van der Waals surface area contributed by atoms with Gasteiger partial charge in [0.15, 0.2) is 6.61 Å². The number of benzene rings is 1. The molecule has 1 aromatic carbocycles. The largest absolute Gasteiger partial charge is 0.484 e. The summed E-state index contributed by atoms with van der Waals surface area (Å²) < 4.78 is 32.1. The summed E-state index contributed by atoms with van der Waals surface area (Å²) >= 11 is 0. The van der Waals surface area contributed by atoms with E-state index < -0.39 is 22.0 Å². The molecule has 1 aromatic heterocycles. The van der Waals surface area contributed by atoms with E-state index in [2.05, 4.69) is 15.5 Å². The average molecular weight is 410 g/mol. The highest BCUT2D eigenvalue weighted by atomic mass is 32.2. The molecule has 0 spiro atoms. The third-order valence-electron chi connectivity index (χ3n) is 4.55. The van der Waals surface area contributed by atoms with E-state index >= 15 is 0 Å². The lowest BCUT2D eigenvalue weighted by Crippen LogP contribution is -2.35. The van der Waals surface area contributed by atoms with Gasteiger partial charge in [0.05, 0.1) is 17.5 Å². The molecule has 0 bridgehead atoms. The van der Waals surface area contributed by atoms with Crippen molar-refractivity contribution in [3.8, 4) is 11.4 Å². The number of aliphatic hydroxyl groups excluding tert-OH is 1. The van der Waals surface area contributed by atoms with E-state index in [1.165, 1.54) is 30.0 Å². The molecule has 1 amide bonds. The van der Waals surface area contributed by atoms with Crippen molar-refractivity contribution in [1.29, 1.82) is 0 Å². The molecule has 1 saturated heterocycles. The summed E-state index contributed by atoms with van der Waals surface area (Å²) in [5.74, 6) is -0.540. The highest BCUT2D eigenvalue weighted by Crippen LogP contribution is 2.20. The predicted molar refractivity (Wildman–Crippen MR) is 98.2 cm³/mol. The van der Waals surface area contributed by atoms with Gasteiger partial charge in [-0.05, 0) is 34.7 Å². The normalized spacial score (nSPS) is 19.9. The lowest BCUT2D eigenvalue weighted by molar-refractivity contribution is -0.132. The van der Waals surface area contributed by atoms with Crippen LogP contribution in [0.5, 0.6) is 5.75 Å². The Balaban J connectivity index is 1.52. The summed E-state index contributed by atoms with van der Waals surface area (Å²) in [5.41, 5.74) is 0.747. The molecule has 0 unspecified atom stereocenters. The molecule has 1 N–H and O–H groups in total. The van der Waals surface area contributed by atoms with E-state index in [0.29, 0.717) is 5.75 Å². The molecule has 1 aliphatic heterocycles. The number of amides is 1. The van der Waals surface area contributed by atoms with Gasteiger partial charge < -0.3 is 14.7 Å². The zero-order valence-corrected chi connectivity index (χ0v) is 16.4. The molecule has 0 saturated carbocycles. The Morgan fingerprint density at radius 2 is 2.00 bits per heavy atom. The summed E-state index contributed by atoms with van der Waals surface area (Å²) in [6.45, 7) is 0.0623. The fraction of sp³-hybridized carbons (Fsp3) is 0.500. The predicted octanol–water partition coefficient (Wildman–Crippen LogP) is -1.25. The van der Waals surface area contributed by atoms with Crippen LogP contribution in [0.1, 0.15) is 0 Å². The molecule has 0 radical (unpaired) electrons. The molecule has 2 heterocycles. The quantitative estimate of drug-likeness (QED) is 0.599. The minimum absolute atomic E-state index is 0.0913. The summed E-state index contributed by atoms with van der Waals surface area (Å²) in [7, 11) is -0.568. The highest BCUT2D eigenvalue weighted by Gasteiger charge is 2.37. The van der Waals surface area contributed by atoms with E-state index in [4.69, 9.17) is 4.74 Å². The van der Waals surface area contributed by atoms with Crippen LogP contribution in [0.25, 0.3) is 5.69 Å². The second-order valence-electron chi connectivity index (χ2n) is 6.72. The molecule has 3 rings (SSSR count). The lowest BCUT2D eigenvalue weighted by Gasteiger charge is -2.18. The van der Waals surface area contributed by atoms with Crippen LogP contribution in [0.4, 0.5) is 0 Å². The summed E-state index contributed by atoms with van der Waals surface area (Å²) in [4.78, 5) is 13.8. The number of hydrogen-bond donors (Lipinski definition) is 1. The molecule has 152 valence electrons. The van der Waals surface area contributed by atoms with Gasteiger partial charge in [0.2, 0.25) is 10.0 Å². The zero-order chi connectivity index (χ0) is 20.3. The first-order chi connectivity index (χ1) is 13.3. The number of nitrogens with zero attached hydrogens (tertiary/aromatic N) is 6. The number of sulfonamides is 1. The summed E-state index contributed by atoms with van der Waals surface area (Å²) in [6.07, 6.45) is 0.583. The van der Waals surface area contributed by atoms with Gasteiger partial charge in [-0.2, -0.15) is 0 Å². The van der Waals surface area contributed by atoms with Gasteiger partial charge >= 0.3 is 0 Å². The van der Waals surface area contributed by atoms with Crippen LogP contribution >= 0.6 is 0 Å². The SMILES string of the molecule is CN(C)S(=O)(=O)C[C@@H]1CN(C(=O)COc2ccc(-n3cnnn3)cc2)C[C@@H]1O. The van der Waals surface area contributed by atoms with Crippen molar-refractivity contribution in [2.75, 3.05) is 39.5 Å². The van der Waals surface area contributed by atoms with Gasteiger partial charge in [-0.25, -0.2) is 17.4 Å². The van der Waals surface area contributed by atoms with Crippen molar-refractivity contribution in [3.05, 3.63) is 30.6 Å². The van der Waals surface area contributed by atoms with E-state index in [1.54, 1.807) is 24.3 Å². The molecular formula is C16H22N6O5S. The van der Waals surface area contributed by atoms with E-state index in [0.717, 1.165) is 9.99 Å². The van der Waals surface area contributed by atoms with Crippen LogP contribution < -0.4 is 4.74 Å². The van der Waals surface area contributed by atoms with Crippen molar-refractivity contribution in [2.24, 2.45) is 5.92 Å². The fourth-order valence-electron chi connectivity index (χ4n) is 2.85. The number of rotatable bonds is 7. The Kier molecular flexibility index (Phi) is 5.91. The molecular weight excluding hydrogens is 388 g/mol. The number of β-amino-alcohol motifs (C(OH)–C–C–N with tert-alkyl or cyclic N) is 1.